The minimum absolute atomic E-state index is 0.00903. The van der Waals surface area contributed by atoms with Gasteiger partial charge < -0.3 is 14.6 Å². The summed E-state index contributed by atoms with van der Waals surface area (Å²) in [6, 6.07) is 15.9. The lowest BCUT2D eigenvalue weighted by Gasteiger charge is -2.36. The number of nitrogens with one attached hydrogen (secondary N) is 1. The molecule has 3 aromatic rings. The molecule has 0 bridgehead atoms. The number of carbonyl (C=O) groups is 1. The number of imidazole rings is 1. The molecule has 0 aliphatic carbocycles. The summed E-state index contributed by atoms with van der Waals surface area (Å²) in [6.07, 6.45) is 5.04. The van der Waals surface area contributed by atoms with Gasteiger partial charge in [-0.3, -0.25) is 4.79 Å². The first-order valence-electron chi connectivity index (χ1n) is 10.3. The fourth-order valence-corrected chi connectivity index (χ4v) is 4.46. The number of hydrogen-bond acceptors (Lipinski definition) is 3. The Morgan fingerprint density at radius 3 is 2.67 bits per heavy atom. The third-order valence-corrected chi connectivity index (χ3v) is 6.22. The molecule has 1 aliphatic rings. The maximum atomic E-state index is 13.4. The van der Waals surface area contributed by atoms with Gasteiger partial charge in [0.05, 0.1) is 5.41 Å². The van der Waals surface area contributed by atoms with Gasteiger partial charge in [-0.05, 0) is 42.5 Å². The van der Waals surface area contributed by atoms with Crippen LogP contribution in [-0.2, 0) is 28.0 Å². The zero-order valence-electron chi connectivity index (χ0n) is 17.1. The standard InChI is InChI=1S/C24H26ClN3O2/c1-18-26-11-12-28(18)17-20-6-4-5-19(15-20)16-27-23(29)24(9-13-30-14-10-24)21-7-2-3-8-22(21)25/h2-8,11-12,15H,9-10,13-14,16-17H2,1H3,(H,27,29). The van der Waals surface area contributed by atoms with Crippen LogP contribution < -0.4 is 5.32 Å². The molecule has 4 rings (SSSR count). The van der Waals surface area contributed by atoms with Crippen molar-refractivity contribution < 1.29 is 9.53 Å². The molecule has 0 saturated carbocycles. The molecule has 1 saturated heterocycles. The molecule has 0 unspecified atom stereocenters. The highest BCUT2D eigenvalue weighted by Gasteiger charge is 2.42. The molecule has 5 nitrogen and oxygen atoms in total. The van der Waals surface area contributed by atoms with Crippen LogP contribution in [0.5, 0.6) is 0 Å². The van der Waals surface area contributed by atoms with Crippen molar-refractivity contribution in [1.82, 2.24) is 14.9 Å². The molecule has 156 valence electrons. The zero-order chi connectivity index (χ0) is 21.0. The number of carbonyl (C=O) groups excluding carboxylic acids is 1. The van der Waals surface area contributed by atoms with Crippen LogP contribution in [0.25, 0.3) is 0 Å². The summed E-state index contributed by atoms with van der Waals surface area (Å²) in [5.74, 6) is 0.990. The molecule has 1 N–H and O–H groups in total. The fraction of sp³-hybridized carbons (Fsp3) is 0.333. The average Bonchev–Trinajstić information content (AvgIpc) is 3.17. The van der Waals surface area contributed by atoms with Crippen LogP contribution in [0.1, 0.15) is 35.4 Å². The van der Waals surface area contributed by atoms with Crippen LogP contribution in [0.3, 0.4) is 0 Å². The topological polar surface area (TPSA) is 56.2 Å². The third kappa shape index (κ3) is 4.27. The second kappa shape index (κ2) is 9.02. The van der Waals surface area contributed by atoms with Crippen LogP contribution in [0.15, 0.2) is 60.9 Å². The van der Waals surface area contributed by atoms with E-state index in [1.807, 2.05) is 49.5 Å². The van der Waals surface area contributed by atoms with E-state index >= 15 is 0 Å². The Bertz CT molecular complexity index is 1020. The Hall–Kier alpha value is -2.63. The maximum absolute atomic E-state index is 13.4. The summed E-state index contributed by atoms with van der Waals surface area (Å²) in [6.45, 7) is 4.33. The van der Waals surface area contributed by atoms with E-state index < -0.39 is 5.41 Å². The van der Waals surface area contributed by atoms with Crippen molar-refractivity contribution in [3.63, 3.8) is 0 Å². The number of rotatable bonds is 6. The molecular formula is C24H26ClN3O2. The predicted octanol–water partition coefficient (Wildman–Crippen LogP) is 4.26. The number of aryl methyl sites for hydroxylation is 1. The number of benzene rings is 2. The molecule has 0 radical (unpaired) electrons. The van der Waals surface area contributed by atoms with E-state index in [1.165, 1.54) is 5.56 Å². The van der Waals surface area contributed by atoms with Crippen molar-refractivity contribution in [2.75, 3.05) is 13.2 Å². The summed E-state index contributed by atoms with van der Waals surface area (Å²) >= 11 is 6.48. The number of nitrogens with zero attached hydrogens (tertiary/aromatic N) is 2. The first-order chi connectivity index (χ1) is 14.6. The Labute approximate surface area is 182 Å². The van der Waals surface area contributed by atoms with Gasteiger partial charge in [0.15, 0.2) is 0 Å². The van der Waals surface area contributed by atoms with E-state index in [9.17, 15) is 4.79 Å². The van der Waals surface area contributed by atoms with Crippen LogP contribution >= 0.6 is 11.6 Å². The van der Waals surface area contributed by atoms with Crippen molar-refractivity contribution in [2.45, 2.75) is 38.3 Å². The summed E-state index contributed by atoms with van der Waals surface area (Å²) < 4.78 is 7.65. The van der Waals surface area contributed by atoms with Gasteiger partial charge in [0.25, 0.3) is 0 Å². The molecule has 6 heteroatoms. The van der Waals surface area contributed by atoms with E-state index in [1.54, 1.807) is 6.20 Å². The zero-order valence-corrected chi connectivity index (χ0v) is 17.9. The van der Waals surface area contributed by atoms with Gasteiger partial charge in [0.1, 0.15) is 5.82 Å². The van der Waals surface area contributed by atoms with E-state index in [2.05, 4.69) is 27.0 Å². The second-order valence-electron chi connectivity index (χ2n) is 7.78. The summed E-state index contributed by atoms with van der Waals surface area (Å²) in [5, 5.41) is 3.79. The summed E-state index contributed by atoms with van der Waals surface area (Å²) in [7, 11) is 0. The number of amides is 1. The minimum Gasteiger partial charge on any atom is -0.381 e. The molecule has 1 aromatic heterocycles. The Balaban J connectivity index is 1.50. The molecule has 1 fully saturated rings. The van der Waals surface area contributed by atoms with Crippen molar-refractivity contribution in [1.29, 1.82) is 0 Å². The predicted molar refractivity (Wildman–Crippen MR) is 118 cm³/mol. The first kappa shape index (κ1) is 20.6. The first-order valence-corrected chi connectivity index (χ1v) is 10.6. The van der Waals surface area contributed by atoms with Crippen molar-refractivity contribution >= 4 is 17.5 Å². The van der Waals surface area contributed by atoms with Crippen molar-refractivity contribution in [3.8, 4) is 0 Å². The minimum atomic E-state index is -0.651. The van der Waals surface area contributed by atoms with E-state index in [0.29, 0.717) is 37.6 Å². The van der Waals surface area contributed by atoms with Crippen molar-refractivity contribution in [3.05, 3.63) is 88.5 Å². The lowest BCUT2D eigenvalue weighted by molar-refractivity contribution is -0.130. The van der Waals surface area contributed by atoms with Gasteiger partial charge in [-0.25, -0.2) is 4.98 Å². The quantitative estimate of drug-likeness (QED) is 0.644. The van der Waals surface area contributed by atoms with Crippen LogP contribution in [0, 0.1) is 6.92 Å². The van der Waals surface area contributed by atoms with E-state index in [0.717, 1.165) is 23.5 Å². The smallest absolute Gasteiger partial charge is 0.231 e. The number of halogens is 1. The lowest BCUT2D eigenvalue weighted by Crippen LogP contribution is -2.48. The van der Waals surface area contributed by atoms with Gasteiger partial charge in [-0.2, -0.15) is 0 Å². The Kier molecular flexibility index (Phi) is 6.21. The highest BCUT2D eigenvalue weighted by atomic mass is 35.5. The van der Waals surface area contributed by atoms with E-state index in [-0.39, 0.29) is 5.91 Å². The SMILES string of the molecule is Cc1nccn1Cc1cccc(CNC(=O)C2(c3ccccc3Cl)CCOCC2)c1. The normalized spacial score (nSPS) is 15.7. The monoisotopic (exact) mass is 423 g/mol. The maximum Gasteiger partial charge on any atom is 0.231 e. The molecular weight excluding hydrogens is 398 g/mol. The third-order valence-electron chi connectivity index (χ3n) is 5.89. The number of hydrogen-bond donors (Lipinski definition) is 1. The largest absolute Gasteiger partial charge is 0.381 e. The fourth-order valence-electron chi connectivity index (χ4n) is 4.14. The lowest BCUT2D eigenvalue weighted by atomic mass is 9.73. The Morgan fingerprint density at radius 1 is 1.17 bits per heavy atom. The van der Waals surface area contributed by atoms with Gasteiger partial charge in [-0.1, -0.05) is 54.1 Å². The molecule has 2 heterocycles. The highest BCUT2D eigenvalue weighted by molar-refractivity contribution is 6.31. The molecule has 0 atom stereocenters. The Morgan fingerprint density at radius 2 is 1.93 bits per heavy atom. The summed E-state index contributed by atoms with van der Waals surface area (Å²) in [5.41, 5.74) is 2.48. The van der Waals surface area contributed by atoms with Gasteiger partial charge >= 0.3 is 0 Å². The summed E-state index contributed by atoms with van der Waals surface area (Å²) in [4.78, 5) is 17.7. The molecule has 1 aliphatic heterocycles. The van der Waals surface area contributed by atoms with Crippen LogP contribution in [0.4, 0.5) is 0 Å². The number of ether oxygens (including phenoxy) is 1. The van der Waals surface area contributed by atoms with Gasteiger partial charge in [-0.15, -0.1) is 0 Å². The highest BCUT2D eigenvalue weighted by Crippen LogP contribution is 2.39. The van der Waals surface area contributed by atoms with Crippen LogP contribution in [-0.4, -0.2) is 28.7 Å². The van der Waals surface area contributed by atoms with Crippen LogP contribution in [0.2, 0.25) is 5.02 Å². The van der Waals surface area contributed by atoms with Gasteiger partial charge in [0.2, 0.25) is 5.91 Å². The van der Waals surface area contributed by atoms with E-state index in [4.69, 9.17) is 16.3 Å². The van der Waals surface area contributed by atoms with Gasteiger partial charge in [0, 0.05) is 43.7 Å². The van der Waals surface area contributed by atoms with Crippen molar-refractivity contribution in [2.24, 2.45) is 0 Å². The molecule has 2 aromatic carbocycles. The molecule has 1 amide bonds. The molecule has 0 spiro atoms. The molecule has 30 heavy (non-hydrogen) atoms. The number of aromatic nitrogens is 2. The average molecular weight is 424 g/mol. The second-order valence-corrected chi connectivity index (χ2v) is 8.19.